The molecule has 1 amide bonds. The highest BCUT2D eigenvalue weighted by Gasteiger charge is 2.42. The summed E-state index contributed by atoms with van der Waals surface area (Å²) >= 11 is 0. The number of anilines is 2. The molecular weight excluding hydrogens is 417 g/mol. The number of amides is 1. The third-order valence-corrected chi connectivity index (χ3v) is 5.17. The smallest absolute Gasteiger partial charge is 0.357 e. The molecule has 1 saturated heterocycles. The summed E-state index contributed by atoms with van der Waals surface area (Å²) in [6.07, 6.45) is 0.460. The van der Waals surface area contributed by atoms with E-state index in [1.165, 1.54) is 31.2 Å². The maximum absolute atomic E-state index is 14.0. The van der Waals surface area contributed by atoms with Crippen molar-refractivity contribution in [3.63, 3.8) is 0 Å². The Kier molecular flexibility index (Phi) is 5.03. The number of pyridine rings is 1. The quantitative estimate of drug-likeness (QED) is 0.643. The first-order valence-electron chi connectivity index (χ1n) is 9.37. The third-order valence-electron chi connectivity index (χ3n) is 5.17. The Morgan fingerprint density at radius 2 is 2.06 bits per heavy atom. The number of aromatic nitrogens is 2. The van der Waals surface area contributed by atoms with Gasteiger partial charge in [0.05, 0.1) is 11.1 Å². The van der Waals surface area contributed by atoms with E-state index in [1.54, 1.807) is 4.90 Å². The summed E-state index contributed by atoms with van der Waals surface area (Å²) < 4.78 is 46.5. The van der Waals surface area contributed by atoms with Gasteiger partial charge in [0, 0.05) is 30.8 Å². The van der Waals surface area contributed by atoms with Crippen LogP contribution in [0.25, 0.3) is 10.9 Å². The average molecular weight is 434 g/mol. The molecule has 1 unspecified atom stereocenters. The minimum Gasteiger partial charge on any atom is -0.476 e. The molecule has 4 rings (SSSR count). The highest BCUT2D eigenvalue weighted by molar-refractivity contribution is 6.09. The number of alkyl halides is 2. The fraction of sp³-hybridized carbons (Fsp3) is 0.300. The largest absolute Gasteiger partial charge is 0.476 e. The van der Waals surface area contributed by atoms with E-state index >= 15 is 0 Å². The van der Waals surface area contributed by atoms with Crippen LogP contribution >= 0.6 is 0 Å². The second kappa shape index (κ2) is 7.56. The van der Waals surface area contributed by atoms with Gasteiger partial charge in [-0.3, -0.25) is 10.1 Å². The molecule has 3 heterocycles. The number of carboxylic acid groups (broad SMARTS) is 1. The zero-order chi connectivity index (χ0) is 22.3. The molecule has 0 spiro atoms. The third kappa shape index (κ3) is 4.03. The molecule has 0 aliphatic carbocycles. The summed E-state index contributed by atoms with van der Waals surface area (Å²) in [7, 11) is 0. The highest BCUT2D eigenvalue weighted by Crippen LogP contribution is 2.36. The van der Waals surface area contributed by atoms with Crippen molar-refractivity contribution < 1.29 is 32.3 Å². The molecule has 8 nitrogen and oxygen atoms in total. The van der Waals surface area contributed by atoms with Crippen LogP contribution in [0.15, 0.2) is 34.9 Å². The lowest BCUT2D eigenvalue weighted by Crippen LogP contribution is -2.46. The molecule has 11 heteroatoms. The zero-order valence-electron chi connectivity index (χ0n) is 16.2. The van der Waals surface area contributed by atoms with Gasteiger partial charge in [-0.05, 0) is 24.3 Å². The first-order valence-corrected chi connectivity index (χ1v) is 9.37. The maximum Gasteiger partial charge on any atom is 0.357 e. The van der Waals surface area contributed by atoms with Crippen molar-refractivity contribution in [2.75, 3.05) is 23.3 Å². The number of oxazole rings is 1. The van der Waals surface area contributed by atoms with Crippen molar-refractivity contribution in [1.29, 1.82) is 0 Å². The number of carboxylic acids is 1. The molecule has 162 valence electrons. The standard InChI is InChI=1S/C20H17F3N4O4/c1-10-8-27(5-4-20(10,22)23)16-13(7-11-6-12(21)2-3-14(11)24-16)17(28)26-19-25-15(9-31-19)18(29)30/h2-3,6-7,9-10H,4-5,8H2,1H3,(H,29,30)(H,25,26,28). The van der Waals surface area contributed by atoms with Crippen molar-refractivity contribution >= 4 is 34.6 Å². The molecule has 0 saturated carbocycles. The van der Waals surface area contributed by atoms with Crippen LogP contribution in [0.2, 0.25) is 0 Å². The van der Waals surface area contributed by atoms with E-state index in [0.717, 1.165) is 6.26 Å². The SMILES string of the molecule is CC1CN(c2nc3ccc(F)cc3cc2C(=O)Nc2nc(C(=O)O)co2)CCC1(F)F. The fourth-order valence-corrected chi connectivity index (χ4v) is 3.42. The molecule has 1 aliphatic rings. The van der Waals surface area contributed by atoms with Crippen LogP contribution in [-0.2, 0) is 0 Å². The van der Waals surface area contributed by atoms with E-state index in [-0.39, 0.29) is 30.5 Å². The van der Waals surface area contributed by atoms with Crippen LogP contribution in [-0.4, -0.2) is 46.0 Å². The Labute approximate surface area is 173 Å². The maximum atomic E-state index is 14.0. The minimum absolute atomic E-state index is 0.00871. The molecule has 0 radical (unpaired) electrons. The van der Waals surface area contributed by atoms with Crippen molar-refractivity contribution in [2.24, 2.45) is 5.92 Å². The predicted molar refractivity (Wildman–Crippen MR) is 104 cm³/mol. The van der Waals surface area contributed by atoms with E-state index in [9.17, 15) is 22.8 Å². The predicted octanol–water partition coefficient (Wildman–Crippen LogP) is 3.79. The number of hydrogen-bond donors (Lipinski definition) is 2. The lowest BCUT2D eigenvalue weighted by molar-refractivity contribution is -0.0652. The van der Waals surface area contributed by atoms with Gasteiger partial charge in [0.25, 0.3) is 11.8 Å². The number of nitrogens with zero attached hydrogens (tertiary/aromatic N) is 3. The van der Waals surface area contributed by atoms with Crippen LogP contribution in [0.4, 0.5) is 25.0 Å². The van der Waals surface area contributed by atoms with Gasteiger partial charge >= 0.3 is 12.0 Å². The van der Waals surface area contributed by atoms with Gasteiger partial charge in [0.1, 0.15) is 17.9 Å². The number of piperidine rings is 1. The van der Waals surface area contributed by atoms with Gasteiger partial charge in [-0.2, -0.15) is 4.98 Å². The van der Waals surface area contributed by atoms with Gasteiger partial charge < -0.3 is 14.4 Å². The fourth-order valence-electron chi connectivity index (χ4n) is 3.42. The van der Waals surface area contributed by atoms with Gasteiger partial charge in [0.15, 0.2) is 5.69 Å². The van der Waals surface area contributed by atoms with Crippen LogP contribution in [0, 0.1) is 11.7 Å². The number of carbonyl (C=O) groups excluding carboxylic acids is 1. The van der Waals surface area contributed by atoms with Crippen LogP contribution in [0.5, 0.6) is 0 Å². The van der Waals surface area contributed by atoms with E-state index in [2.05, 4.69) is 15.3 Å². The highest BCUT2D eigenvalue weighted by atomic mass is 19.3. The number of halogens is 3. The molecule has 2 aromatic heterocycles. The summed E-state index contributed by atoms with van der Waals surface area (Å²) in [5, 5.41) is 11.6. The Morgan fingerprint density at radius 1 is 1.29 bits per heavy atom. The summed E-state index contributed by atoms with van der Waals surface area (Å²) in [6, 6.07) is 4.89. The van der Waals surface area contributed by atoms with Crippen molar-refractivity contribution in [1.82, 2.24) is 9.97 Å². The molecule has 1 aromatic carbocycles. The first kappa shape index (κ1) is 20.6. The molecule has 2 N–H and O–H groups in total. The zero-order valence-corrected chi connectivity index (χ0v) is 16.2. The number of aromatic carboxylic acids is 1. The summed E-state index contributed by atoms with van der Waals surface area (Å²) in [5.74, 6) is -6.26. The lowest BCUT2D eigenvalue weighted by atomic mass is 9.95. The number of carbonyl (C=O) groups is 2. The Hall–Kier alpha value is -3.63. The number of fused-ring (bicyclic) bond motifs is 1. The van der Waals surface area contributed by atoms with E-state index < -0.39 is 41.6 Å². The van der Waals surface area contributed by atoms with Gasteiger partial charge in [-0.1, -0.05) is 6.92 Å². The molecular formula is C20H17F3N4O4. The van der Waals surface area contributed by atoms with Crippen molar-refractivity contribution in [3.8, 4) is 0 Å². The topological polar surface area (TPSA) is 109 Å². The normalized spacial score (nSPS) is 18.2. The van der Waals surface area contributed by atoms with Gasteiger partial charge in [0.2, 0.25) is 0 Å². The molecule has 1 aliphatic heterocycles. The van der Waals surface area contributed by atoms with Crippen LogP contribution in [0.1, 0.15) is 34.2 Å². The van der Waals surface area contributed by atoms with Crippen molar-refractivity contribution in [2.45, 2.75) is 19.3 Å². The number of rotatable bonds is 4. The van der Waals surface area contributed by atoms with Crippen LogP contribution in [0.3, 0.4) is 0 Å². The second-order valence-corrected chi connectivity index (χ2v) is 7.35. The Morgan fingerprint density at radius 3 is 2.74 bits per heavy atom. The van der Waals surface area contributed by atoms with Crippen LogP contribution < -0.4 is 10.2 Å². The Bertz CT molecular complexity index is 1180. The molecule has 0 bridgehead atoms. The second-order valence-electron chi connectivity index (χ2n) is 7.35. The minimum atomic E-state index is -2.83. The average Bonchev–Trinajstić information content (AvgIpc) is 3.18. The lowest BCUT2D eigenvalue weighted by Gasteiger charge is -2.38. The number of hydrogen-bond acceptors (Lipinski definition) is 6. The van der Waals surface area contributed by atoms with Gasteiger partial charge in [-0.25, -0.2) is 22.9 Å². The molecule has 1 fully saturated rings. The van der Waals surface area contributed by atoms with Crippen molar-refractivity contribution in [3.05, 3.63) is 47.6 Å². The number of nitrogens with one attached hydrogen (secondary N) is 1. The Balaban J connectivity index is 1.73. The molecule has 3 aromatic rings. The monoisotopic (exact) mass is 434 g/mol. The van der Waals surface area contributed by atoms with E-state index in [4.69, 9.17) is 9.52 Å². The molecule has 1 atom stereocenters. The van der Waals surface area contributed by atoms with E-state index in [1.807, 2.05) is 0 Å². The van der Waals surface area contributed by atoms with Gasteiger partial charge in [-0.15, -0.1) is 0 Å². The summed E-state index contributed by atoms with van der Waals surface area (Å²) in [6.45, 7) is 1.36. The summed E-state index contributed by atoms with van der Waals surface area (Å²) in [5.41, 5.74) is -0.0193. The summed E-state index contributed by atoms with van der Waals surface area (Å²) in [4.78, 5) is 33.5. The molecule has 31 heavy (non-hydrogen) atoms. The van der Waals surface area contributed by atoms with E-state index in [0.29, 0.717) is 10.9 Å². The number of benzene rings is 1. The first-order chi connectivity index (χ1) is 14.6.